The van der Waals surface area contributed by atoms with Crippen LogP contribution in [0.5, 0.6) is 5.75 Å². The molecule has 0 amide bonds. The summed E-state index contributed by atoms with van der Waals surface area (Å²) < 4.78 is 12.8. The number of esters is 2. The lowest BCUT2D eigenvalue weighted by atomic mass is 9.73. The molecule has 1 aromatic carbocycles. The fourth-order valence-corrected chi connectivity index (χ4v) is 8.24. The predicted molar refractivity (Wildman–Crippen MR) is 183 cm³/mol. The van der Waals surface area contributed by atoms with Crippen molar-refractivity contribution in [2.75, 3.05) is 14.1 Å². The number of aryl methyl sites for hydroxylation is 2. The number of piperidine rings is 2. The van der Waals surface area contributed by atoms with Crippen molar-refractivity contribution in [3.05, 3.63) is 28.8 Å². The summed E-state index contributed by atoms with van der Waals surface area (Å²) in [6.45, 7) is 23.5. The van der Waals surface area contributed by atoms with E-state index in [-0.39, 0.29) is 58.5 Å². The Balaban J connectivity index is 1.99. The minimum absolute atomic E-state index is 0.0267. The standard InChI is InChI=1S/C38H64N2O5/c1-14-15-16-17-38(20-28-18-26(2)32(42)27(3)19-28,33(43)45-30-23-36(8,9)40(13)37(10,11)24-30)25-31(41)44-29-21-34(4,5)39(12)35(6,7)22-29/h18-19,29-30,42H,14-17,20-25H2,1-13H3. The summed E-state index contributed by atoms with van der Waals surface area (Å²) in [5.74, 6) is -0.370. The van der Waals surface area contributed by atoms with Gasteiger partial charge in [0.15, 0.2) is 0 Å². The molecule has 2 fully saturated rings. The zero-order valence-electron chi connectivity index (χ0n) is 30.9. The average Bonchev–Trinajstić information content (AvgIpc) is 2.88. The number of carbonyl (C=O) groups is 2. The number of carbonyl (C=O) groups excluding carboxylic acids is 2. The summed E-state index contributed by atoms with van der Waals surface area (Å²) in [4.78, 5) is 33.4. The van der Waals surface area contributed by atoms with Gasteiger partial charge in [0, 0.05) is 47.8 Å². The number of hydrogen-bond donors (Lipinski definition) is 1. The molecule has 2 aliphatic heterocycles. The van der Waals surface area contributed by atoms with E-state index < -0.39 is 5.41 Å². The van der Waals surface area contributed by atoms with Gasteiger partial charge in [0.2, 0.25) is 0 Å². The first-order valence-electron chi connectivity index (χ1n) is 17.2. The highest BCUT2D eigenvalue weighted by atomic mass is 16.6. The Morgan fingerprint density at radius 1 is 0.800 bits per heavy atom. The zero-order valence-corrected chi connectivity index (χ0v) is 30.9. The highest BCUT2D eigenvalue weighted by Crippen LogP contribution is 2.43. The molecule has 1 N–H and O–H groups in total. The Labute approximate surface area is 274 Å². The minimum Gasteiger partial charge on any atom is -0.507 e. The van der Waals surface area contributed by atoms with Crippen molar-refractivity contribution in [2.24, 2.45) is 5.41 Å². The van der Waals surface area contributed by atoms with Crippen molar-refractivity contribution in [3.8, 4) is 5.75 Å². The monoisotopic (exact) mass is 628 g/mol. The number of benzene rings is 1. The molecular formula is C38H64N2O5. The lowest BCUT2D eigenvalue weighted by molar-refractivity contribution is -0.179. The van der Waals surface area contributed by atoms with Gasteiger partial charge in [-0.05, 0) is 113 Å². The summed E-state index contributed by atoms with van der Waals surface area (Å²) >= 11 is 0. The number of aromatic hydroxyl groups is 1. The number of rotatable bonds is 11. The highest BCUT2D eigenvalue weighted by Gasteiger charge is 2.49. The highest BCUT2D eigenvalue weighted by molar-refractivity contribution is 5.84. The summed E-state index contributed by atoms with van der Waals surface area (Å²) in [5.41, 5.74) is 0.837. The van der Waals surface area contributed by atoms with E-state index in [9.17, 15) is 14.7 Å². The van der Waals surface area contributed by atoms with Crippen LogP contribution in [0, 0.1) is 19.3 Å². The molecule has 2 saturated heterocycles. The lowest BCUT2D eigenvalue weighted by Crippen LogP contribution is -2.61. The largest absolute Gasteiger partial charge is 0.507 e. The van der Waals surface area contributed by atoms with Crippen LogP contribution < -0.4 is 0 Å². The first-order chi connectivity index (χ1) is 20.5. The number of likely N-dealkylation sites (tertiary alicyclic amines) is 2. The molecule has 45 heavy (non-hydrogen) atoms. The first-order valence-corrected chi connectivity index (χ1v) is 17.2. The molecule has 0 spiro atoms. The Bertz CT molecular complexity index is 1160. The molecule has 0 saturated carbocycles. The zero-order chi connectivity index (χ0) is 34.2. The van der Waals surface area contributed by atoms with Crippen LogP contribution in [0.15, 0.2) is 12.1 Å². The van der Waals surface area contributed by atoms with Gasteiger partial charge in [0.05, 0.1) is 11.8 Å². The molecule has 0 radical (unpaired) electrons. The Hall–Kier alpha value is -2.12. The second-order valence-electron chi connectivity index (χ2n) is 17.0. The summed E-state index contributed by atoms with van der Waals surface area (Å²) in [5, 5.41) is 10.5. The van der Waals surface area contributed by atoms with Gasteiger partial charge in [-0.2, -0.15) is 0 Å². The maximum absolute atomic E-state index is 14.6. The smallest absolute Gasteiger partial charge is 0.313 e. The molecule has 1 unspecified atom stereocenters. The second kappa shape index (κ2) is 13.5. The van der Waals surface area contributed by atoms with Crippen LogP contribution >= 0.6 is 0 Å². The molecule has 7 heteroatoms. The summed E-state index contributed by atoms with van der Waals surface area (Å²) in [6.07, 6.45) is 6.10. The molecule has 2 heterocycles. The third-order valence-corrected chi connectivity index (χ3v) is 11.4. The van der Waals surface area contributed by atoms with Crippen LogP contribution in [-0.2, 0) is 25.5 Å². The van der Waals surface area contributed by atoms with Gasteiger partial charge < -0.3 is 14.6 Å². The Morgan fingerprint density at radius 3 is 1.64 bits per heavy atom. The topological polar surface area (TPSA) is 79.3 Å². The molecule has 0 aromatic heterocycles. The molecule has 1 aromatic rings. The van der Waals surface area contributed by atoms with E-state index >= 15 is 0 Å². The van der Waals surface area contributed by atoms with Crippen molar-refractivity contribution in [1.29, 1.82) is 0 Å². The van der Waals surface area contributed by atoms with Crippen LogP contribution in [0.1, 0.15) is 137 Å². The van der Waals surface area contributed by atoms with Gasteiger partial charge in [-0.25, -0.2) is 0 Å². The van der Waals surface area contributed by atoms with Gasteiger partial charge in [0.25, 0.3) is 0 Å². The molecule has 0 bridgehead atoms. The van der Waals surface area contributed by atoms with Crippen LogP contribution in [0.3, 0.4) is 0 Å². The maximum atomic E-state index is 14.6. The SMILES string of the molecule is CCCCCC(CC(=O)OC1CC(C)(C)N(C)C(C)(C)C1)(Cc1cc(C)c(O)c(C)c1)C(=O)OC1CC(C)(C)N(C)C(C)(C)C1. The quantitative estimate of drug-likeness (QED) is 0.197. The van der Waals surface area contributed by atoms with E-state index in [1.165, 1.54) is 0 Å². The number of phenols is 1. The number of unbranched alkanes of at least 4 members (excludes halogenated alkanes) is 2. The van der Waals surface area contributed by atoms with Crippen LogP contribution in [0.25, 0.3) is 0 Å². The second-order valence-corrected chi connectivity index (χ2v) is 17.0. The molecule has 7 nitrogen and oxygen atoms in total. The minimum atomic E-state index is -1.07. The molecule has 1 atom stereocenters. The fraction of sp³-hybridized carbons (Fsp3) is 0.789. The third-order valence-electron chi connectivity index (χ3n) is 11.4. The van der Waals surface area contributed by atoms with Crippen molar-refractivity contribution >= 4 is 11.9 Å². The van der Waals surface area contributed by atoms with E-state index in [0.717, 1.165) is 61.6 Å². The van der Waals surface area contributed by atoms with Crippen molar-refractivity contribution in [3.63, 3.8) is 0 Å². The Kier molecular flexibility index (Phi) is 11.2. The van der Waals surface area contributed by atoms with Crippen LogP contribution in [0.4, 0.5) is 0 Å². The van der Waals surface area contributed by atoms with E-state index in [4.69, 9.17) is 9.47 Å². The summed E-state index contributed by atoms with van der Waals surface area (Å²) in [6, 6.07) is 3.89. The predicted octanol–water partition coefficient (Wildman–Crippen LogP) is 7.90. The van der Waals surface area contributed by atoms with Gasteiger partial charge in [0.1, 0.15) is 18.0 Å². The van der Waals surface area contributed by atoms with Gasteiger partial charge in [-0.1, -0.05) is 38.3 Å². The van der Waals surface area contributed by atoms with E-state index in [0.29, 0.717) is 12.8 Å². The number of nitrogens with zero attached hydrogens (tertiary/aromatic N) is 2. The number of phenolic OH excluding ortho intramolecular Hbond substituents is 1. The molecular weight excluding hydrogens is 564 g/mol. The van der Waals surface area contributed by atoms with Gasteiger partial charge in [-0.15, -0.1) is 0 Å². The summed E-state index contributed by atoms with van der Waals surface area (Å²) in [7, 11) is 4.28. The lowest BCUT2D eigenvalue weighted by Gasteiger charge is -2.53. The number of ether oxygens (including phenoxy) is 2. The molecule has 2 aliphatic rings. The third kappa shape index (κ3) is 8.62. The Morgan fingerprint density at radius 2 is 1.22 bits per heavy atom. The average molecular weight is 629 g/mol. The number of hydrogen-bond acceptors (Lipinski definition) is 7. The van der Waals surface area contributed by atoms with Crippen molar-refractivity contribution in [1.82, 2.24) is 9.80 Å². The molecule has 0 aliphatic carbocycles. The normalized spacial score (nSPS) is 23.3. The molecule has 3 rings (SSSR count). The van der Waals surface area contributed by atoms with Gasteiger partial charge >= 0.3 is 11.9 Å². The fourth-order valence-electron chi connectivity index (χ4n) is 8.24. The van der Waals surface area contributed by atoms with Crippen molar-refractivity contribution < 1.29 is 24.2 Å². The van der Waals surface area contributed by atoms with E-state index in [2.05, 4.69) is 86.2 Å². The van der Waals surface area contributed by atoms with Gasteiger partial charge in [-0.3, -0.25) is 19.4 Å². The van der Waals surface area contributed by atoms with E-state index in [1.807, 2.05) is 26.0 Å². The van der Waals surface area contributed by atoms with Crippen LogP contribution in [0.2, 0.25) is 0 Å². The van der Waals surface area contributed by atoms with Crippen LogP contribution in [-0.4, -0.2) is 75.3 Å². The van der Waals surface area contributed by atoms with Crippen molar-refractivity contribution in [2.45, 2.75) is 175 Å². The van der Waals surface area contributed by atoms with E-state index in [1.54, 1.807) is 0 Å². The first kappa shape index (κ1) is 37.3. The molecule has 256 valence electrons. The maximum Gasteiger partial charge on any atom is 0.313 e.